The third-order valence-electron chi connectivity index (χ3n) is 8.70. The summed E-state index contributed by atoms with van der Waals surface area (Å²) in [6.07, 6.45) is 1.28. The molecule has 2 saturated heterocycles. The molecule has 3 aromatic rings. The quantitative estimate of drug-likeness (QED) is 0.385. The first-order valence-electron chi connectivity index (χ1n) is 15.6. The highest BCUT2D eigenvalue weighted by Crippen LogP contribution is 2.39. The lowest BCUT2D eigenvalue weighted by Gasteiger charge is -2.38. The van der Waals surface area contributed by atoms with E-state index in [1.54, 1.807) is 0 Å². The molecule has 4 N–H and O–H groups in total. The molecular weight excluding hydrogens is 619 g/mol. The minimum absolute atomic E-state index is 0.101. The Hall–Kier alpha value is -4.24. The zero-order valence-corrected chi connectivity index (χ0v) is 25.6. The van der Waals surface area contributed by atoms with Gasteiger partial charge in [0, 0.05) is 43.2 Å². The van der Waals surface area contributed by atoms with Gasteiger partial charge in [-0.05, 0) is 54.2 Å². The fraction of sp³-hybridized carbons (Fsp3) is 0.424. The van der Waals surface area contributed by atoms with Crippen LogP contribution in [0.25, 0.3) is 11.1 Å². The van der Waals surface area contributed by atoms with Crippen LogP contribution < -0.4 is 16.5 Å². The number of anilines is 1. The molecule has 1 aromatic heterocycles. The van der Waals surface area contributed by atoms with Gasteiger partial charge in [0.1, 0.15) is 30.1 Å². The molecule has 0 saturated carbocycles. The van der Waals surface area contributed by atoms with Crippen LogP contribution in [-0.2, 0) is 36.7 Å². The van der Waals surface area contributed by atoms with Gasteiger partial charge in [0.2, 0.25) is 0 Å². The fourth-order valence-electron chi connectivity index (χ4n) is 6.27. The number of fused-ring (bicyclic) bond motifs is 4. The van der Waals surface area contributed by atoms with Gasteiger partial charge in [0.25, 0.3) is 0 Å². The Kier molecular flexibility index (Phi) is 10.2. The zero-order chi connectivity index (χ0) is 32.9. The summed E-state index contributed by atoms with van der Waals surface area (Å²) < 4.78 is 62.7. The summed E-state index contributed by atoms with van der Waals surface area (Å²) in [5.74, 6) is -3.30. The molecule has 1 amide bonds. The van der Waals surface area contributed by atoms with E-state index in [1.165, 1.54) is 47.5 Å². The van der Waals surface area contributed by atoms with Crippen LogP contribution >= 0.6 is 0 Å². The van der Waals surface area contributed by atoms with E-state index in [0.717, 1.165) is 6.20 Å². The molecular formula is C33H36F3N5O6. The fourth-order valence-corrected chi connectivity index (χ4v) is 6.27. The zero-order valence-electron chi connectivity index (χ0n) is 25.6. The summed E-state index contributed by atoms with van der Waals surface area (Å²) in [5.41, 5.74) is 10.7. The van der Waals surface area contributed by atoms with Crippen molar-refractivity contribution in [1.29, 1.82) is 0 Å². The lowest BCUT2D eigenvalue weighted by atomic mass is 9.81. The second-order valence-corrected chi connectivity index (χ2v) is 11.8. The maximum atomic E-state index is 16.0. The van der Waals surface area contributed by atoms with Crippen molar-refractivity contribution in [3.8, 4) is 11.1 Å². The highest BCUT2D eigenvalue weighted by atomic mass is 19.1. The number of carbonyl (C=O) groups is 2. The summed E-state index contributed by atoms with van der Waals surface area (Å²) in [6.45, 7) is 2.04. The van der Waals surface area contributed by atoms with Gasteiger partial charge in [0.15, 0.2) is 0 Å². The smallest absolute Gasteiger partial charge is 0.409 e. The second kappa shape index (κ2) is 14.7. The van der Waals surface area contributed by atoms with Gasteiger partial charge in [-0.15, -0.1) is 0 Å². The molecule has 3 aliphatic heterocycles. The SMILES string of the molecule is NC1Cc2ccc(F)c(-c3ccc(F)cc3)c2C(COC(=O)N2CCOCC2)[C@H]2CNC[C@@H](CCc3c(F)cncc3NOC1=O)O2. The van der Waals surface area contributed by atoms with Crippen molar-refractivity contribution in [2.75, 3.05) is 51.5 Å². The van der Waals surface area contributed by atoms with Crippen molar-refractivity contribution in [3.05, 3.63) is 82.9 Å². The van der Waals surface area contributed by atoms with Crippen molar-refractivity contribution >= 4 is 17.7 Å². The standard InChI is InChI=1S/C33H36F3N5O6/c34-21-4-1-19(2-5-21)31-25(35)8-3-20-13-27(37)32(42)47-40-28-16-39-15-26(36)23(28)7-6-22-14-38-17-29(46-22)24(30(20)31)18-45-33(43)41-9-11-44-12-10-41/h1-5,8,15-16,22,24,27,29,38,40H,6-7,9-14,17-18,37H2/t22-,24?,27?,29-/m1/s1. The van der Waals surface area contributed by atoms with Crippen LogP contribution in [0.15, 0.2) is 48.8 Å². The first-order valence-corrected chi connectivity index (χ1v) is 15.6. The monoisotopic (exact) mass is 655 g/mol. The Labute approximate surface area is 269 Å². The molecule has 47 heavy (non-hydrogen) atoms. The molecule has 2 fully saturated rings. The molecule has 3 aliphatic rings. The number of nitrogens with one attached hydrogen (secondary N) is 2. The van der Waals surface area contributed by atoms with Gasteiger partial charge in [-0.25, -0.2) is 28.2 Å². The van der Waals surface area contributed by atoms with Crippen molar-refractivity contribution in [2.45, 2.75) is 43.4 Å². The predicted octanol–water partition coefficient (Wildman–Crippen LogP) is 3.46. The van der Waals surface area contributed by atoms with E-state index in [2.05, 4.69) is 15.8 Å². The number of aromatic nitrogens is 1. The Morgan fingerprint density at radius 3 is 2.62 bits per heavy atom. The topological polar surface area (TPSA) is 137 Å². The van der Waals surface area contributed by atoms with E-state index in [1.807, 2.05) is 0 Å². The number of hydrogen-bond acceptors (Lipinski definition) is 10. The molecule has 11 nitrogen and oxygen atoms in total. The molecule has 2 bridgehead atoms. The number of rotatable bonds is 3. The van der Waals surface area contributed by atoms with Crippen LogP contribution in [0.2, 0.25) is 0 Å². The maximum absolute atomic E-state index is 16.0. The number of pyridine rings is 1. The first kappa shape index (κ1) is 32.7. The van der Waals surface area contributed by atoms with E-state index < -0.39 is 53.7 Å². The van der Waals surface area contributed by atoms with Crippen LogP contribution in [0.5, 0.6) is 0 Å². The second-order valence-electron chi connectivity index (χ2n) is 11.8. The number of amides is 1. The van der Waals surface area contributed by atoms with Crippen molar-refractivity contribution < 1.29 is 41.8 Å². The number of morpholine rings is 2. The molecule has 6 rings (SSSR count). The maximum Gasteiger partial charge on any atom is 0.409 e. The third kappa shape index (κ3) is 7.51. The lowest BCUT2D eigenvalue weighted by molar-refractivity contribution is -0.142. The highest BCUT2D eigenvalue weighted by Gasteiger charge is 2.36. The van der Waals surface area contributed by atoms with Crippen molar-refractivity contribution in [1.82, 2.24) is 15.2 Å². The third-order valence-corrected chi connectivity index (χ3v) is 8.70. The van der Waals surface area contributed by atoms with E-state index >= 15 is 4.39 Å². The van der Waals surface area contributed by atoms with Crippen molar-refractivity contribution in [3.63, 3.8) is 0 Å². The van der Waals surface area contributed by atoms with Gasteiger partial charge in [0.05, 0.1) is 43.5 Å². The minimum Gasteiger partial charge on any atom is -0.449 e. The Bertz CT molecular complexity index is 1590. The van der Waals surface area contributed by atoms with E-state index in [-0.39, 0.29) is 36.3 Å². The van der Waals surface area contributed by atoms with Gasteiger partial charge < -0.3 is 35.0 Å². The number of benzene rings is 2. The van der Waals surface area contributed by atoms with E-state index in [9.17, 15) is 18.4 Å². The molecule has 0 radical (unpaired) electrons. The number of hydrogen-bond donors (Lipinski definition) is 3. The summed E-state index contributed by atoms with van der Waals surface area (Å²) in [7, 11) is 0. The summed E-state index contributed by atoms with van der Waals surface area (Å²) in [4.78, 5) is 37.0. The van der Waals surface area contributed by atoms with Crippen LogP contribution in [-0.4, -0.2) is 86.2 Å². The van der Waals surface area contributed by atoms with Gasteiger partial charge >= 0.3 is 12.1 Å². The largest absolute Gasteiger partial charge is 0.449 e. The van der Waals surface area contributed by atoms with Crippen LogP contribution in [0.3, 0.4) is 0 Å². The molecule has 4 heterocycles. The van der Waals surface area contributed by atoms with Crippen LogP contribution in [0, 0.1) is 17.5 Å². The van der Waals surface area contributed by atoms with E-state index in [4.69, 9.17) is 24.8 Å². The predicted molar refractivity (Wildman–Crippen MR) is 164 cm³/mol. The first-order chi connectivity index (χ1) is 22.8. The molecule has 14 heteroatoms. The molecule has 2 aromatic carbocycles. The van der Waals surface area contributed by atoms with Gasteiger partial charge in [-0.1, -0.05) is 18.2 Å². The minimum atomic E-state index is -1.24. The van der Waals surface area contributed by atoms with E-state index in [0.29, 0.717) is 62.5 Å². The normalized spacial score (nSPS) is 23.7. The van der Waals surface area contributed by atoms with Crippen LogP contribution in [0.4, 0.5) is 23.7 Å². The average molecular weight is 656 g/mol. The Balaban J connectivity index is 1.44. The van der Waals surface area contributed by atoms with Gasteiger partial charge in [-0.2, -0.15) is 0 Å². The molecule has 4 atom stereocenters. The van der Waals surface area contributed by atoms with Crippen LogP contribution in [0.1, 0.15) is 29.0 Å². The summed E-state index contributed by atoms with van der Waals surface area (Å²) >= 11 is 0. The number of halogens is 3. The molecule has 2 unspecified atom stereocenters. The molecule has 0 aliphatic carbocycles. The molecule has 0 spiro atoms. The van der Waals surface area contributed by atoms with Gasteiger partial charge in [-0.3, -0.25) is 4.98 Å². The summed E-state index contributed by atoms with van der Waals surface area (Å²) in [6, 6.07) is 6.91. The Morgan fingerprint density at radius 2 is 1.83 bits per heavy atom. The lowest BCUT2D eigenvalue weighted by Crippen LogP contribution is -2.49. The number of ether oxygens (including phenoxy) is 3. The average Bonchev–Trinajstić information content (AvgIpc) is 3.08. The highest BCUT2D eigenvalue weighted by molar-refractivity contribution is 5.78. The number of nitrogens with zero attached hydrogens (tertiary/aromatic N) is 2. The Morgan fingerprint density at radius 1 is 1.04 bits per heavy atom. The van der Waals surface area contributed by atoms with Crippen molar-refractivity contribution in [2.24, 2.45) is 5.73 Å². The summed E-state index contributed by atoms with van der Waals surface area (Å²) in [5, 5.41) is 3.37. The number of nitrogens with two attached hydrogens (primary N) is 1. The number of carbonyl (C=O) groups excluding carboxylic acids is 2. The molecule has 250 valence electrons.